The second kappa shape index (κ2) is 12.1. The zero-order chi connectivity index (χ0) is 28.2. The van der Waals surface area contributed by atoms with Crippen molar-refractivity contribution in [2.45, 2.75) is 28.8 Å². The third-order valence-electron chi connectivity index (χ3n) is 6.09. The molecule has 4 rings (SSSR count). The van der Waals surface area contributed by atoms with Gasteiger partial charge in [0.25, 0.3) is 0 Å². The Bertz CT molecular complexity index is 1460. The first-order valence-electron chi connectivity index (χ1n) is 11.9. The number of thioether (sulfide) groups is 1. The van der Waals surface area contributed by atoms with Crippen molar-refractivity contribution in [3.8, 4) is 5.75 Å². The van der Waals surface area contributed by atoms with Crippen LogP contribution in [0, 0.1) is 0 Å². The van der Waals surface area contributed by atoms with Gasteiger partial charge in [-0.25, -0.2) is 13.2 Å². The van der Waals surface area contributed by atoms with Gasteiger partial charge in [-0.3, -0.25) is 14.3 Å². The van der Waals surface area contributed by atoms with Gasteiger partial charge in [0.1, 0.15) is 17.2 Å². The number of amides is 1. The van der Waals surface area contributed by atoms with E-state index in [1.807, 2.05) is 0 Å². The maximum absolute atomic E-state index is 13.3. The lowest BCUT2D eigenvalue weighted by Gasteiger charge is -2.28. The Balaban J connectivity index is 1.43. The normalized spacial score (nSPS) is 17.9. The molecule has 0 saturated carbocycles. The molecule has 204 valence electrons. The Morgan fingerprint density at radius 2 is 1.64 bits per heavy atom. The van der Waals surface area contributed by atoms with E-state index in [1.54, 1.807) is 48.5 Å². The van der Waals surface area contributed by atoms with Crippen molar-refractivity contribution in [2.75, 3.05) is 10.5 Å². The second-order valence-corrected chi connectivity index (χ2v) is 12.4. The fraction of sp³-hybridized carbons (Fsp3) is 0.222. The Morgan fingerprint density at radius 1 is 1.00 bits per heavy atom. The summed E-state index contributed by atoms with van der Waals surface area (Å²) in [4.78, 5) is 39.3. The maximum atomic E-state index is 13.3. The van der Waals surface area contributed by atoms with Crippen LogP contribution in [0.4, 0.5) is 5.69 Å². The van der Waals surface area contributed by atoms with Crippen LogP contribution in [0.25, 0.3) is 0 Å². The van der Waals surface area contributed by atoms with Gasteiger partial charge in [-0.15, -0.1) is 11.8 Å². The minimum atomic E-state index is -3.67. The summed E-state index contributed by atoms with van der Waals surface area (Å²) in [5.74, 6) is -2.36. The molecule has 3 N–H and O–H groups in total. The number of thiol groups is 1. The van der Waals surface area contributed by atoms with Crippen molar-refractivity contribution in [3.05, 3.63) is 95.6 Å². The van der Waals surface area contributed by atoms with E-state index in [9.17, 15) is 33.0 Å². The SMILES string of the molecule is O=C(c1ccc(NS(=O)(=O)Cc2ccccc2)cc1)C(S)CC(=O)N1[C@@H](c2ccccc2O)SC[C@H]1C(=O)O. The van der Waals surface area contributed by atoms with E-state index in [1.165, 1.54) is 47.0 Å². The molecular weight excluding hydrogens is 561 g/mol. The number of carboxylic acids is 1. The number of hydrogen-bond acceptors (Lipinski definition) is 8. The highest BCUT2D eigenvalue weighted by Gasteiger charge is 2.43. The van der Waals surface area contributed by atoms with Gasteiger partial charge in [-0.1, -0.05) is 48.5 Å². The number of rotatable bonds is 10. The molecule has 1 unspecified atom stereocenters. The highest BCUT2D eigenvalue weighted by atomic mass is 32.2. The first kappa shape index (κ1) is 28.5. The molecule has 39 heavy (non-hydrogen) atoms. The minimum absolute atomic E-state index is 0.0585. The fourth-order valence-corrected chi connectivity index (χ4v) is 7.18. The van der Waals surface area contributed by atoms with Crippen molar-refractivity contribution in [3.63, 3.8) is 0 Å². The minimum Gasteiger partial charge on any atom is -0.508 e. The number of ketones is 1. The van der Waals surface area contributed by atoms with E-state index in [0.29, 0.717) is 11.1 Å². The first-order chi connectivity index (χ1) is 18.6. The molecule has 1 aliphatic heterocycles. The zero-order valence-electron chi connectivity index (χ0n) is 20.5. The van der Waals surface area contributed by atoms with Crippen LogP contribution in [-0.4, -0.2) is 58.2 Å². The average molecular weight is 587 g/mol. The lowest BCUT2D eigenvalue weighted by molar-refractivity contribution is -0.149. The van der Waals surface area contributed by atoms with Crippen molar-refractivity contribution >= 4 is 57.8 Å². The van der Waals surface area contributed by atoms with Gasteiger partial charge in [-0.2, -0.15) is 12.6 Å². The monoisotopic (exact) mass is 586 g/mol. The highest BCUT2D eigenvalue weighted by molar-refractivity contribution is 7.99. The van der Waals surface area contributed by atoms with E-state index in [4.69, 9.17) is 0 Å². The maximum Gasteiger partial charge on any atom is 0.327 e. The third-order valence-corrected chi connectivity index (χ3v) is 9.07. The van der Waals surface area contributed by atoms with Crippen molar-refractivity contribution in [1.29, 1.82) is 0 Å². The molecular formula is C27H26N2O7S3. The molecule has 1 aliphatic rings. The summed E-state index contributed by atoms with van der Waals surface area (Å²) in [6.07, 6.45) is -0.359. The van der Waals surface area contributed by atoms with Crippen LogP contribution >= 0.6 is 24.4 Å². The summed E-state index contributed by atoms with van der Waals surface area (Å²) >= 11 is 5.54. The van der Waals surface area contributed by atoms with Crippen molar-refractivity contribution in [1.82, 2.24) is 4.90 Å². The molecule has 1 amide bonds. The Labute approximate surface area is 235 Å². The van der Waals surface area contributed by atoms with E-state index >= 15 is 0 Å². The summed E-state index contributed by atoms with van der Waals surface area (Å²) in [5.41, 5.74) is 1.53. The lowest BCUT2D eigenvalue weighted by Crippen LogP contribution is -2.44. The van der Waals surface area contributed by atoms with Crippen molar-refractivity contribution in [2.24, 2.45) is 0 Å². The van der Waals surface area contributed by atoms with Crippen LogP contribution in [0.1, 0.15) is 33.3 Å². The van der Waals surface area contributed by atoms with Gasteiger partial charge in [0.05, 0.1) is 11.0 Å². The quantitative estimate of drug-likeness (QED) is 0.207. The number of carbonyl (C=O) groups excluding carboxylic acids is 2. The fourth-order valence-electron chi connectivity index (χ4n) is 4.20. The Kier molecular flexibility index (Phi) is 8.88. The predicted octanol–water partition coefficient (Wildman–Crippen LogP) is 3.93. The molecule has 3 aromatic rings. The first-order valence-corrected chi connectivity index (χ1v) is 15.1. The summed E-state index contributed by atoms with van der Waals surface area (Å²) < 4.78 is 27.4. The molecule has 1 fully saturated rings. The zero-order valence-corrected chi connectivity index (χ0v) is 23.0. The molecule has 9 nitrogen and oxygen atoms in total. The van der Waals surface area contributed by atoms with Crippen LogP contribution in [0.5, 0.6) is 5.75 Å². The number of carbonyl (C=O) groups is 3. The molecule has 0 radical (unpaired) electrons. The number of benzene rings is 3. The topological polar surface area (TPSA) is 141 Å². The number of nitrogens with one attached hydrogen (secondary N) is 1. The second-order valence-electron chi connectivity index (χ2n) is 8.91. The summed E-state index contributed by atoms with van der Waals surface area (Å²) in [5, 5.41) is 18.2. The number of Topliss-reactive ketones (excluding diaryl/α,β-unsaturated/α-hetero) is 1. The Hall–Kier alpha value is -3.48. The number of hydrogen-bond donors (Lipinski definition) is 4. The highest BCUT2D eigenvalue weighted by Crippen LogP contribution is 2.44. The summed E-state index contributed by atoms with van der Waals surface area (Å²) in [6, 6.07) is 19.8. The van der Waals surface area contributed by atoms with E-state index in [-0.39, 0.29) is 34.9 Å². The molecule has 0 aromatic heterocycles. The van der Waals surface area contributed by atoms with Gasteiger partial charge in [0.15, 0.2) is 5.78 Å². The van der Waals surface area contributed by atoms with Crippen LogP contribution in [0.15, 0.2) is 78.9 Å². The molecule has 3 atom stereocenters. The number of sulfonamides is 1. The van der Waals surface area contributed by atoms with Crippen molar-refractivity contribution < 1.29 is 33.0 Å². The number of anilines is 1. The van der Waals surface area contributed by atoms with E-state index < -0.39 is 44.3 Å². The predicted molar refractivity (Wildman–Crippen MR) is 152 cm³/mol. The van der Waals surface area contributed by atoms with Crippen LogP contribution in [0.3, 0.4) is 0 Å². The number of aromatic hydroxyl groups is 1. The number of nitrogens with zero attached hydrogens (tertiary/aromatic N) is 1. The summed E-state index contributed by atoms with van der Waals surface area (Å²) in [6.45, 7) is 0. The molecule has 12 heteroatoms. The summed E-state index contributed by atoms with van der Waals surface area (Å²) in [7, 11) is -3.67. The largest absolute Gasteiger partial charge is 0.508 e. The molecule has 1 heterocycles. The smallest absolute Gasteiger partial charge is 0.327 e. The standard InChI is InChI=1S/C27H26N2O7S3/c30-22-9-5-4-8-20(22)26-29(21(15-38-26)27(33)34)24(31)14-23(37)25(32)18-10-12-19(13-11-18)28-39(35,36)16-17-6-2-1-3-7-17/h1-13,21,23,26,28,30,37H,14-16H2,(H,33,34)/t21-,23?,26+/m0/s1. The number of carboxylic acid groups (broad SMARTS) is 1. The number of phenols is 1. The van der Waals surface area contributed by atoms with Crippen LogP contribution in [0.2, 0.25) is 0 Å². The molecule has 1 saturated heterocycles. The molecule has 0 spiro atoms. The lowest BCUT2D eigenvalue weighted by atomic mass is 10.0. The average Bonchev–Trinajstić information content (AvgIpc) is 3.34. The number of aliphatic carboxylic acids is 1. The number of para-hydroxylation sites is 1. The van der Waals surface area contributed by atoms with Gasteiger partial charge < -0.3 is 15.1 Å². The van der Waals surface area contributed by atoms with Gasteiger partial charge >= 0.3 is 5.97 Å². The Morgan fingerprint density at radius 3 is 2.28 bits per heavy atom. The molecule has 3 aromatic carbocycles. The third kappa shape index (κ3) is 6.94. The van der Waals surface area contributed by atoms with Crippen LogP contribution in [-0.2, 0) is 25.4 Å². The number of phenolic OH excluding ortho intramolecular Hbond substituents is 1. The van der Waals surface area contributed by atoms with Gasteiger partial charge in [0.2, 0.25) is 15.9 Å². The van der Waals surface area contributed by atoms with Gasteiger partial charge in [0, 0.05) is 29.0 Å². The van der Waals surface area contributed by atoms with Crippen LogP contribution < -0.4 is 4.72 Å². The molecule has 0 bridgehead atoms. The van der Waals surface area contributed by atoms with E-state index in [2.05, 4.69) is 17.4 Å². The van der Waals surface area contributed by atoms with E-state index in [0.717, 1.165) is 0 Å². The molecule has 0 aliphatic carbocycles. The van der Waals surface area contributed by atoms with Gasteiger partial charge in [-0.05, 0) is 35.9 Å².